The highest BCUT2D eigenvalue weighted by Gasteiger charge is 2.31. The van der Waals surface area contributed by atoms with Crippen LogP contribution in [0.25, 0.3) is 0 Å². The van der Waals surface area contributed by atoms with Crippen LogP contribution in [0.2, 0.25) is 0 Å². The minimum Gasteiger partial charge on any atom is -0.388 e. The summed E-state index contributed by atoms with van der Waals surface area (Å²) >= 11 is 0. The SMILES string of the molecule is CCCCNCC(C)(CC)C(C)NC(=O)c1noc(CO)c1C. The van der Waals surface area contributed by atoms with E-state index >= 15 is 0 Å². The predicted octanol–water partition coefficient (Wildman–Crippen LogP) is 2.40. The number of unbranched alkanes of at least 4 members (excludes halogenated alkanes) is 1. The van der Waals surface area contributed by atoms with Crippen molar-refractivity contribution in [2.75, 3.05) is 13.1 Å². The van der Waals surface area contributed by atoms with E-state index in [0.29, 0.717) is 11.3 Å². The van der Waals surface area contributed by atoms with Gasteiger partial charge >= 0.3 is 0 Å². The van der Waals surface area contributed by atoms with Crippen LogP contribution in [0.4, 0.5) is 0 Å². The van der Waals surface area contributed by atoms with Gasteiger partial charge in [0.25, 0.3) is 5.91 Å². The van der Waals surface area contributed by atoms with Gasteiger partial charge < -0.3 is 20.3 Å². The van der Waals surface area contributed by atoms with Crippen molar-refractivity contribution < 1.29 is 14.4 Å². The molecule has 1 aromatic heterocycles. The zero-order chi connectivity index (χ0) is 17.5. The second-order valence-corrected chi connectivity index (χ2v) is 6.47. The Morgan fingerprint density at radius 1 is 1.43 bits per heavy atom. The van der Waals surface area contributed by atoms with Crippen LogP contribution in [0, 0.1) is 12.3 Å². The third kappa shape index (κ3) is 5.04. The number of amides is 1. The summed E-state index contributed by atoms with van der Waals surface area (Å²) in [6.45, 7) is 11.8. The van der Waals surface area contributed by atoms with Crippen molar-refractivity contribution in [2.45, 2.75) is 66.5 Å². The maximum Gasteiger partial charge on any atom is 0.273 e. The van der Waals surface area contributed by atoms with Crippen molar-refractivity contribution in [2.24, 2.45) is 5.41 Å². The monoisotopic (exact) mass is 325 g/mol. The lowest BCUT2D eigenvalue weighted by molar-refractivity contribution is 0.0881. The highest BCUT2D eigenvalue weighted by molar-refractivity contribution is 5.93. The molecular formula is C17H31N3O3. The van der Waals surface area contributed by atoms with E-state index < -0.39 is 0 Å². The minimum atomic E-state index is -0.258. The van der Waals surface area contributed by atoms with E-state index in [-0.39, 0.29) is 29.7 Å². The molecule has 2 unspecified atom stereocenters. The van der Waals surface area contributed by atoms with Gasteiger partial charge in [-0.25, -0.2) is 0 Å². The Morgan fingerprint density at radius 3 is 2.65 bits per heavy atom. The molecule has 0 spiro atoms. The van der Waals surface area contributed by atoms with Crippen LogP contribution in [0.3, 0.4) is 0 Å². The number of aromatic nitrogens is 1. The molecule has 0 aliphatic rings. The summed E-state index contributed by atoms with van der Waals surface area (Å²) in [5.41, 5.74) is 0.802. The Labute approximate surface area is 139 Å². The van der Waals surface area contributed by atoms with Gasteiger partial charge in [-0.15, -0.1) is 0 Å². The molecule has 1 rings (SSSR count). The van der Waals surface area contributed by atoms with E-state index in [1.54, 1.807) is 6.92 Å². The molecule has 0 aliphatic carbocycles. The first-order valence-electron chi connectivity index (χ1n) is 8.47. The highest BCUT2D eigenvalue weighted by atomic mass is 16.5. The third-order valence-corrected chi connectivity index (χ3v) is 4.82. The smallest absolute Gasteiger partial charge is 0.273 e. The molecule has 0 aromatic carbocycles. The number of aliphatic hydroxyl groups is 1. The van der Waals surface area contributed by atoms with Gasteiger partial charge in [0.2, 0.25) is 0 Å². The summed E-state index contributed by atoms with van der Waals surface area (Å²) in [5.74, 6) is 0.0778. The molecule has 2 atom stereocenters. The van der Waals surface area contributed by atoms with Crippen molar-refractivity contribution in [1.29, 1.82) is 0 Å². The van der Waals surface area contributed by atoms with Crippen molar-refractivity contribution >= 4 is 5.91 Å². The van der Waals surface area contributed by atoms with Crippen LogP contribution in [-0.2, 0) is 6.61 Å². The molecule has 23 heavy (non-hydrogen) atoms. The van der Waals surface area contributed by atoms with Crippen molar-refractivity contribution in [3.63, 3.8) is 0 Å². The van der Waals surface area contributed by atoms with Crippen LogP contribution < -0.4 is 10.6 Å². The first-order valence-corrected chi connectivity index (χ1v) is 8.47. The molecule has 0 fully saturated rings. The number of nitrogens with one attached hydrogen (secondary N) is 2. The van der Waals surface area contributed by atoms with Gasteiger partial charge in [0.05, 0.1) is 0 Å². The Hall–Kier alpha value is -1.40. The average Bonchev–Trinajstić information content (AvgIpc) is 2.92. The van der Waals surface area contributed by atoms with Gasteiger partial charge in [0, 0.05) is 18.2 Å². The molecule has 1 amide bonds. The molecule has 0 aliphatic heterocycles. The molecule has 0 saturated heterocycles. The summed E-state index contributed by atoms with van der Waals surface area (Å²) in [6.07, 6.45) is 3.27. The van der Waals surface area contributed by atoms with Gasteiger partial charge in [-0.05, 0) is 38.6 Å². The average molecular weight is 325 g/mol. The summed E-state index contributed by atoms with van der Waals surface area (Å²) < 4.78 is 4.98. The second-order valence-electron chi connectivity index (χ2n) is 6.47. The van der Waals surface area contributed by atoms with Crippen molar-refractivity contribution in [1.82, 2.24) is 15.8 Å². The highest BCUT2D eigenvalue weighted by Crippen LogP contribution is 2.25. The topological polar surface area (TPSA) is 87.4 Å². The summed E-state index contributed by atoms with van der Waals surface area (Å²) in [4.78, 5) is 12.4. The number of hydrogen-bond acceptors (Lipinski definition) is 5. The van der Waals surface area contributed by atoms with Crippen LogP contribution in [0.1, 0.15) is 68.8 Å². The van der Waals surface area contributed by atoms with Gasteiger partial charge in [-0.3, -0.25) is 4.79 Å². The van der Waals surface area contributed by atoms with Crippen LogP contribution in [0.15, 0.2) is 4.52 Å². The maximum atomic E-state index is 12.4. The van der Waals surface area contributed by atoms with Gasteiger partial charge in [-0.2, -0.15) is 0 Å². The van der Waals surface area contributed by atoms with E-state index in [2.05, 4.69) is 36.6 Å². The largest absolute Gasteiger partial charge is 0.388 e. The van der Waals surface area contributed by atoms with E-state index in [0.717, 1.165) is 25.9 Å². The number of rotatable bonds is 10. The van der Waals surface area contributed by atoms with Gasteiger partial charge in [-0.1, -0.05) is 32.3 Å². The maximum absolute atomic E-state index is 12.4. The zero-order valence-electron chi connectivity index (χ0n) is 15.0. The summed E-state index contributed by atoms with van der Waals surface area (Å²) in [6, 6.07) is -0.0113. The number of nitrogens with zero attached hydrogens (tertiary/aromatic N) is 1. The normalized spacial score (nSPS) is 15.2. The Kier molecular flexibility index (Phi) is 7.72. The van der Waals surface area contributed by atoms with E-state index in [1.165, 1.54) is 6.42 Å². The number of hydrogen-bond donors (Lipinski definition) is 3. The zero-order valence-corrected chi connectivity index (χ0v) is 15.0. The fraction of sp³-hybridized carbons (Fsp3) is 0.765. The second kappa shape index (κ2) is 9.03. The predicted molar refractivity (Wildman–Crippen MR) is 90.3 cm³/mol. The fourth-order valence-corrected chi connectivity index (χ4v) is 2.43. The van der Waals surface area contributed by atoms with Gasteiger partial charge in [0.1, 0.15) is 6.61 Å². The molecule has 3 N–H and O–H groups in total. The Morgan fingerprint density at radius 2 is 2.13 bits per heavy atom. The number of aliphatic hydroxyl groups excluding tert-OH is 1. The summed E-state index contributed by atoms with van der Waals surface area (Å²) in [7, 11) is 0. The Balaban J connectivity index is 2.68. The Bertz CT molecular complexity index is 501. The molecule has 1 aromatic rings. The molecule has 1 heterocycles. The standard InChI is InChI=1S/C17H31N3O3/c1-6-8-9-18-11-17(5,7-2)13(4)19-16(22)15-12(3)14(10-21)23-20-15/h13,18,21H,6-11H2,1-5H3,(H,19,22). The molecular weight excluding hydrogens is 294 g/mol. The lowest BCUT2D eigenvalue weighted by Crippen LogP contribution is -2.49. The van der Waals surface area contributed by atoms with E-state index in [1.807, 2.05) is 6.92 Å². The minimum absolute atomic E-state index is 0.0113. The molecule has 6 heteroatoms. The quantitative estimate of drug-likeness (QED) is 0.575. The third-order valence-electron chi connectivity index (χ3n) is 4.82. The molecule has 0 saturated carbocycles. The van der Waals surface area contributed by atoms with E-state index in [9.17, 15) is 4.79 Å². The van der Waals surface area contributed by atoms with Crippen molar-refractivity contribution in [3.05, 3.63) is 17.0 Å². The van der Waals surface area contributed by atoms with Crippen LogP contribution in [-0.4, -0.2) is 35.3 Å². The van der Waals surface area contributed by atoms with E-state index in [4.69, 9.17) is 9.63 Å². The first kappa shape index (κ1) is 19.6. The van der Waals surface area contributed by atoms with Crippen LogP contribution >= 0.6 is 0 Å². The first-order chi connectivity index (χ1) is 10.9. The fourth-order valence-electron chi connectivity index (χ4n) is 2.43. The number of carbonyl (C=O) groups is 1. The van der Waals surface area contributed by atoms with Crippen LogP contribution in [0.5, 0.6) is 0 Å². The van der Waals surface area contributed by atoms with Crippen molar-refractivity contribution in [3.8, 4) is 0 Å². The van der Waals surface area contributed by atoms with Gasteiger partial charge in [0.15, 0.2) is 11.5 Å². The number of carbonyl (C=O) groups excluding carboxylic acids is 1. The lowest BCUT2D eigenvalue weighted by Gasteiger charge is -2.35. The lowest BCUT2D eigenvalue weighted by atomic mass is 9.80. The molecule has 0 radical (unpaired) electrons. The molecule has 132 valence electrons. The molecule has 6 nitrogen and oxygen atoms in total. The molecule has 0 bridgehead atoms. The summed E-state index contributed by atoms with van der Waals surface area (Å²) in [5, 5.41) is 19.4.